The molecular weight excluding hydrogens is 271 g/mol. The van der Waals surface area contributed by atoms with E-state index in [2.05, 4.69) is 5.32 Å². The minimum Gasteiger partial charge on any atom is -0.483 e. The third kappa shape index (κ3) is 4.29. The summed E-state index contributed by atoms with van der Waals surface area (Å²) < 4.78 is 18.8. The Labute approximate surface area is 122 Å². The Balaban J connectivity index is 1.86. The van der Waals surface area contributed by atoms with Gasteiger partial charge in [-0.2, -0.15) is 0 Å². The second-order valence-corrected chi connectivity index (χ2v) is 4.47. The van der Waals surface area contributed by atoms with Gasteiger partial charge in [0.25, 0.3) is 5.91 Å². The van der Waals surface area contributed by atoms with Crippen LogP contribution in [0, 0.1) is 5.82 Å². The van der Waals surface area contributed by atoms with Gasteiger partial charge in [0.05, 0.1) is 0 Å². The first-order chi connectivity index (χ1) is 10.2. The van der Waals surface area contributed by atoms with Gasteiger partial charge >= 0.3 is 0 Å². The van der Waals surface area contributed by atoms with Crippen molar-refractivity contribution < 1.29 is 13.9 Å². The van der Waals surface area contributed by atoms with E-state index in [1.54, 1.807) is 6.07 Å². The number of nitrogens with two attached hydrogens (primary N) is 1. The first-order valence-electron chi connectivity index (χ1n) is 6.61. The number of rotatable bonds is 6. The highest BCUT2D eigenvalue weighted by atomic mass is 19.1. The highest BCUT2D eigenvalue weighted by Crippen LogP contribution is 2.20. The lowest BCUT2D eigenvalue weighted by Gasteiger charge is -2.11. The van der Waals surface area contributed by atoms with Crippen LogP contribution in [0.25, 0.3) is 0 Å². The van der Waals surface area contributed by atoms with E-state index in [4.69, 9.17) is 10.5 Å². The van der Waals surface area contributed by atoms with Crippen molar-refractivity contribution in [2.24, 2.45) is 5.73 Å². The molecule has 0 bridgehead atoms. The molecule has 110 valence electrons. The Morgan fingerprint density at radius 1 is 1.14 bits per heavy atom. The highest BCUT2D eigenvalue weighted by molar-refractivity contribution is 5.77. The summed E-state index contributed by atoms with van der Waals surface area (Å²) in [7, 11) is 0. The minimum atomic E-state index is -0.431. The van der Waals surface area contributed by atoms with Gasteiger partial charge in [-0.25, -0.2) is 4.39 Å². The number of carbonyl (C=O) groups excluding carboxylic acids is 1. The Hall–Kier alpha value is -2.40. The SMILES string of the molecule is NCc1c(F)cccc1OCC(=O)NCc1ccccc1. The molecule has 0 atom stereocenters. The van der Waals surface area contributed by atoms with E-state index in [1.165, 1.54) is 12.1 Å². The smallest absolute Gasteiger partial charge is 0.258 e. The molecule has 0 unspecified atom stereocenters. The van der Waals surface area contributed by atoms with Crippen LogP contribution in [0.3, 0.4) is 0 Å². The summed E-state index contributed by atoms with van der Waals surface area (Å²) in [5.74, 6) is -0.404. The number of halogens is 1. The summed E-state index contributed by atoms with van der Waals surface area (Å²) in [6, 6.07) is 14.0. The molecular formula is C16H17FN2O2. The molecule has 4 nitrogen and oxygen atoms in total. The fourth-order valence-electron chi connectivity index (χ4n) is 1.86. The van der Waals surface area contributed by atoms with Gasteiger partial charge in [0.1, 0.15) is 11.6 Å². The average Bonchev–Trinajstić information content (AvgIpc) is 2.52. The maximum absolute atomic E-state index is 13.5. The summed E-state index contributed by atoms with van der Waals surface area (Å²) >= 11 is 0. The van der Waals surface area contributed by atoms with Crippen molar-refractivity contribution in [3.63, 3.8) is 0 Å². The third-order valence-electron chi connectivity index (χ3n) is 2.97. The molecule has 1 amide bonds. The quantitative estimate of drug-likeness (QED) is 0.854. The number of nitrogens with one attached hydrogen (secondary N) is 1. The van der Waals surface area contributed by atoms with E-state index in [1.807, 2.05) is 30.3 Å². The standard InChI is InChI=1S/C16H17FN2O2/c17-14-7-4-8-15(13(14)9-18)21-11-16(20)19-10-12-5-2-1-3-6-12/h1-8H,9-11,18H2,(H,19,20). The zero-order chi connectivity index (χ0) is 15.1. The van der Waals surface area contributed by atoms with Gasteiger partial charge in [0, 0.05) is 18.7 Å². The summed E-state index contributed by atoms with van der Waals surface area (Å²) in [6.07, 6.45) is 0. The summed E-state index contributed by atoms with van der Waals surface area (Å²) in [4.78, 5) is 11.7. The van der Waals surface area contributed by atoms with E-state index < -0.39 is 5.82 Å². The maximum Gasteiger partial charge on any atom is 0.258 e. The highest BCUT2D eigenvalue weighted by Gasteiger charge is 2.09. The van der Waals surface area contributed by atoms with E-state index in [0.717, 1.165) is 5.56 Å². The van der Waals surface area contributed by atoms with Crippen LogP contribution in [-0.2, 0) is 17.9 Å². The summed E-state index contributed by atoms with van der Waals surface area (Å²) in [6.45, 7) is 0.271. The lowest BCUT2D eigenvalue weighted by atomic mass is 10.2. The number of carbonyl (C=O) groups is 1. The number of benzene rings is 2. The van der Waals surface area contributed by atoms with Crippen LogP contribution in [-0.4, -0.2) is 12.5 Å². The maximum atomic E-state index is 13.5. The minimum absolute atomic E-state index is 0.0215. The molecule has 0 aromatic heterocycles. The van der Waals surface area contributed by atoms with Crippen LogP contribution in [0.1, 0.15) is 11.1 Å². The number of hydrogen-bond donors (Lipinski definition) is 2. The van der Waals surface area contributed by atoms with E-state index >= 15 is 0 Å². The molecule has 0 saturated carbocycles. The van der Waals surface area contributed by atoms with Crippen LogP contribution in [0.4, 0.5) is 4.39 Å². The van der Waals surface area contributed by atoms with Crippen molar-refractivity contribution in [1.82, 2.24) is 5.32 Å². The van der Waals surface area contributed by atoms with Gasteiger partial charge in [0.2, 0.25) is 0 Å². The molecule has 0 saturated heterocycles. The second-order valence-electron chi connectivity index (χ2n) is 4.47. The average molecular weight is 288 g/mol. The Bertz CT molecular complexity index is 602. The van der Waals surface area contributed by atoms with E-state index in [-0.39, 0.29) is 24.6 Å². The van der Waals surface area contributed by atoms with Crippen LogP contribution < -0.4 is 15.8 Å². The van der Waals surface area contributed by atoms with Crippen molar-refractivity contribution in [2.45, 2.75) is 13.1 Å². The Morgan fingerprint density at radius 3 is 2.62 bits per heavy atom. The zero-order valence-corrected chi connectivity index (χ0v) is 11.5. The molecule has 0 aliphatic heterocycles. The largest absolute Gasteiger partial charge is 0.483 e. The molecule has 21 heavy (non-hydrogen) atoms. The fourth-order valence-corrected chi connectivity index (χ4v) is 1.86. The molecule has 0 heterocycles. The summed E-state index contributed by atoms with van der Waals surface area (Å²) in [5, 5.41) is 2.73. The van der Waals surface area contributed by atoms with Gasteiger partial charge in [0.15, 0.2) is 6.61 Å². The Morgan fingerprint density at radius 2 is 1.90 bits per heavy atom. The van der Waals surface area contributed by atoms with Gasteiger partial charge in [-0.3, -0.25) is 4.79 Å². The molecule has 2 rings (SSSR count). The number of ether oxygens (including phenoxy) is 1. The second kappa shape index (κ2) is 7.40. The third-order valence-corrected chi connectivity index (χ3v) is 2.97. The molecule has 0 fully saturated rings. The van der Waals surface area contributed by atoms with Gasteiger partial charge in [-0.15, -0.1) is 0 Å². The zero-order valence-electron chi connectivity index (χ0n) is 11.5. The predicted octanol–water partition coefficient (Wildman–Crippen LogP) is 1.98. The predicted molar refractivity (Wildman–Crippen MR) is 78.1 cm³/mol. The van der Waals surface area contributed by atoms with Crippen LogP contribution in [0.15, 0.2) is 48.5 Å². The van der Waals surface area contributed by atoms with E-state index in [9.17, 15) is 9.18 Å². The molecule has 2 aromatic rings. The van der Waals surface area contributed by atoms with Gasteiger partial charge in [-0.1, -0.05) is 36.4 Å². The van der Waals surface area contributed by atoms with Crippen molar-refractivity contribution in [1.29, 1.82) is 0 Å². The Kier molecular flexibility index (Phi) is 5.29. The van der Waals surface area contributed by atoms with Crippen LogP contribution >= 0.6 is 0 Å². The van der Waals surface area contributed by atoms with E-state index in [0.29, 0.717) is 12.3 Å². The topological polar surface area (TPSA) is 64.3 Å². The van der Waals surface area contributed by atoms with Gasteiger partial charge < -0.3 is 15.8 Å². The van der Waals surface area contributed by atoms with Crippen LogP contribution in [0.2, 0.25) is 0 Å². The lowest BCUT2D eigenvalue weighted by Crippen LogP contribution is -2.28. The molecule has 0 spiro atoms. The number of hydrogen-bond acceptors (Lipinski definition) is 3. The lowest BCUT2D eigenvalue weighted by molar-refractivity contribution is -0.123. The molecule has 0 aliphatic carbocycles. The molecule has 2 aromatic carbocycles. The van der Waals surface area contributed by atoms with Crippen LogP contribution in [0.5, 0.6) is 5.75 Å². The molecule has 5 heteroatoms. The fraction of sp³-hybridized carbons (Fsp3) is 0.188. The molecule has 3 N–H and O–H groups in total. The van der Waals surface area contributed by atoms with Crippen molar-refractivity contribution >= 4 is 5.91 Å². The molecule has 0 aliphatic rings. The monoisotopic (exact) mass is 288 g/mol. The van der Waals surface area contributed by atoms with Gasteiger partial charge in [-0.05, 0) is 17.7 Å². The molecule has 0 radical (unpaired) electrons. The normalized spacial score (nSPS) is 10.2. The first kappa shape index (κ1) is 15.0. The first-order valence-corrected chi connectivity index (χ1v) is 6.61. The van der Waals surface area contributed by atoms with Crippen molar-refractivity contribution in [2.75, 3.05) is 6.61 Å². The summed E-state index contributed by atoms with van der Waals surface area (Å²) in [5.41, 5.74) is 6.74. The van der Waals surface area contributed by atoms with Crippen molar-refractivity contribution in [3.8, 4) is 5.75 Å². The number of amides is 1. The van der Waals surface area contributed by atoms with Crippen molar-refractivity contribution in [3.05, 3.63) is 65.5 Å².